The number of benzene rings is 2. The highest BCUT2D eigenvalue weighted by Crippen LogP contribution is 2.28. The van der Waals surface area contributed by atoms with E-state index < -0.39 is 0 Å². The molecule has 0 atom stereocenters. The predicted molar refractivity (Wildman–Crippen MR) is 94.7 cm³/mol. The third-order valence-corrected chi connectivity index (χ3v) is 3.99. The van der Waals surface area contributed by atoms with Gasteiger partial charge in [0.1, 0.15) is 0 Å². The Morgan fingerprint density at radius 2 is 1.96 bits per heavy atom. The van der Waals surface area contributed by atoms with Gasteiger partial charge < -0.3 is 9.52 Å². The van der Waals surface area contributed by atoms with Gasteiger partial charge in [-0.25, -0.2) is 4.98 Å². The molecule has 4 nitrogen and oxygen atoms in total. The van der Waals surface area contributed by atoms with E-state index >= 15 is 0 Å². The smallest absolute Gasteiger partial charge is 0.312 e. The summed E-state index contributed by atoms with van der Waals surface area (Å²) in [6.07, 6.45) is 1.46. The molecule has 0 amide bonds. The fraction of sp³-hybridized carbons (Fsp3) is 0.0588. The van der Waals surface area contributed by atoms with Crippen LogP contribution in [0.15, 0.2) is 56.3 Å². The van der Waals surface area contributed by atoms with Crippen LogP contribution in [0.4, 0.5) is 5.69 Å². The molecule has 0 radical (unpaired) electrons. The van der Waals surface area contributed by atoms with E-state index in [0.717, 1.165) is 15.6 Å². The van der Waals surface area contributed by atoms with Crippen molar-refractivity contribution in [1.29, 1.82) is 0 Å². The summed E-state index contributed by atoms with van der Waals surface area (Å²) in [5.41, 5.74) is 2.72. The zero-order valence-electron chi connectivity index (χ0n) is 12.1. The van der Waals surface area contributed by atoms with Crippen LogP contribution in [0.2, 0.25) is 5.02 Å². The molecule has 6 heteroatoms. The highest BCUT2D eigenvalue weighted by Gasteiger charge is 2.12. The minimum atomic E-state index is -0.272. The molecule has 0 aliphatic carbocycles. The number of hydrogen-bond donors (Lipinski definition) is 1. The molecule has 1 aromatic heterocycles. The Balaban J connectivity index is 1.90. The number of nitrogens with zero attached hydrogens (tertiary/aromatic N) is 2. The molecule has 0 fully saturated rings. The minimum absolute atomic E-state index is 0.266. The maximum atomic E-state index is 9.89. The minimum Gasteiger partial charge on any atom is -0.479 e. The lowest BCUT2D eigenvalue weighted by Gasteiger charge is -1.99. The summed E-state index contributed by atoms with van der Waals surface area (Å²) >= 11 is 9.33. The van der Waals surface area contributed by atoms with Crippen LogP contribution in [-0.4, -0.2) is 16.3 Å². The van der Waals surface area contributed by atoms with Gasteiger partial charge in [0, 0.05) is 15.1 Å². The number of hydrogen-bond acceptors (Lipinski definition) is 4. The molecule has 0 aliphatic heterocycles. The molecule has 0 unspecified atom stereocenters. The lowest BCUT2D eigenvalue weighted by molar-refractivity contribution is 0.337. The van der Waals surface area contributed by atoms with Crippen LogP contribution in [0.1, 0.15) is 11.3 Å². The second-order valence-corrected chi connectivity index (χ2v) is 6.26. The molecule has 0 bridgehead atoms. The van der Waals surface area contributed by atoms with Crippen LogP contribution in [0.5, 0.6) is 5.95 Å². The van der Waals surface area contributed by atoms with E-state index in [9.17, 15) is 5.11 Å². The van der Waals surface area contributed by atoms with Gasteiger partial charge in [-0.1, -0.05) is 33.6 Å². The zero-order chi connectivity index (χ0) is 16.4. The molecule has 0 spiro atoms. The van der Waals surface area contributed by atoms with Crippen molar-refractivity contribution in [3.05, 3.63) is 63.2 Å². The van der Waals surface area contributed by atoms with Crippen LogP contribution < -0.4 is 0 Å². The highest BCUT2D eigenvalue weighted by atomic mass is 79.9. The average molecular weight is 392 g/mol. The quantitative estimate of drug-likeness (QED) is 0.598. The normalized spacial score (nSPS) is 11.3. The first-order valence-electron chi connectivity index (χ1n) is 6.79. The Morgan fingerprint density at radius 1 is 1.22 bits per heavy atom. The molecule has 23 heavy (non-hydrogen) atoms. The summed E-state index contributed by atoms with van der Waals surface area (Å²) < 4.78 is 6.25. The molecule has 2 aromatic carbocycles. The topological polar surface area (TPSA) is 58.6 Å². The number of aliphatic imine (C=N–C) groups is 1. The van der Waals surface area contributed by atoms with Gasteiger partial charge in [0.25, 0.3) is 0 Å². The summed E-state index contributed by atoms with van der Waals surface area (Å²) in [6.45, 7) is 1.93. The number of aryl methyl sites for hydroxylation is 1. The van der Waals surface area contributed by atoms with Crippen molar-refractivity contribution >= 4 is 39.4 Å². The first-order valence-corrected chi connectivity index (χ1v) is 7.96. The third kappa shape index (κ3) is 3.63. The van der Waals surface area contributed by atoms with Crippen LogP contribution in [0.3, 0.4) is 0 Å². The fourth-order valence-corrected chi connectivity index (χ4v) is 2.41. The standard InChI is InChI=1S/C17H12BrClN2O2/c1-10-2-7-13(19)8-14(10)20-9-15-17(22)23-16(21-15)11-3-5-12(18)6-4-11/h2-9,22H,1H3. The van der Waals surface area contributed by atoms with Crippen molar-refractivity contribution in [2.45, 2.75) is 6.92 Å². The zero-order valence-corrected chi connectivity index (χ0v) is 14.5. The Labute approximate surface area is 146 Å². The first kappa shape index (κ1) is 15.8. The first-order chi connectivity index (χ1) is 11.0. The average Bonchev–Trinajstić information content (AvgIpc) is 2.90. The number of rotatable bonds is 3. The highest BCUT2D eigenvalue weighted by molar-refractivity contribution is 9.10. The summed E-state index contributed by atoms with van der Waals surface area (Å²) in [5, 5.41) is 10.5. The molecule has 0 aliphatic rings. The van der Waals surface area contributed by atoms with Gasteiger partial charge in [0.15, 0.2) is 5.69 Å². The van der Waals surface area contributed by atoms with Gasteiger partial charge in [-0.2, -0.15) is 0 Å². The van der Waals surface area contributed by atoms with Crippen molar-refractivity contribution in [2.75, 3.05) is 0 Å². The Morgan fingerprint density at radius 3 is 2.70 bits per heavy atom. The largest absolute Gasteiger partial charge is 0.479 e. The van der Waals surface area contributed by atoms with Crippen molar-refractivity contribution in [3.8, 4) is 17.4 Å². The summed E-state index contributed by atoms with van der Waals surface area (Å²) in [5.74, 6) is 0.0608. The van der Waals surface area contributed by atoms with Gasteiger partial charge in [-0.05, 0) is 48.9 Å². The summed E-state index contributed by atoms with van der Waals surface area (Å²) in [7, 11) is 0. The van der Waals surface area contributed by atoms with Crippen LogP contribution >= 0.6 is 27.5 Å². The van der Waals surface area contributed by atoms with Crippen molar-refractivity contribution in [2.24, 2.45) is 4.99 Å². The van der Waals surface area contributed by atoms with E-state index in [0.29, 0.717) is 16.6 Å². The van der Waals surface area contributed by atoms with E-state index in [4.69, 9.17) is 16.0 Å². The van der Waals surface area contributed by atoms with E-state index in [-0.39, 0.29) is 11.6 Å². The monoisotopic (exact) mass is 390 g/mol. The lowest BCUT2D eigenvalue weighted by Crippen LogP contribution is -1.83. The summed E-state index contributed by atoms with van der Waals surface area (Å²) in [6, 6.07) is 12.9. The maximum absolute atomic E-state index is 9.89. The number of halogens is 2. The van der Waals surface area contributed by atoms with Gasteiger partial charge in [-0.15, -0.1) is 0 Å². The third-order valence-electron chi connectivity index (χ3n) is 3.22. The van der Waals surface area contributed by atoms with Gasteiger partial charge in [0.2, 0.25) is 5.89 Å². The molecule has 1 N–H and O–H groups in total. The lowest BCUT2D eigenvalue weighted by atomic mass is 10.2. The van der Waals surface area contributed by atoms with Crippen LogP contribution in [-0.2, 0) is 0 Å². The molecule has 116 valence electrons. The van der Waals surface area contributed by atoms with Crippen molar-refractivity contribution in [1.82, 2.24) is 4.98 Å². The Hall–Kier alpha value is -2.11. The second kappa shape index (κ2) is 6.56. The molecule has 0 saturated carbocycles. The Bertz CT molecular complexity index is 873. The summed E-state index contributed by atoms with van der Waals surface area (Å²) in [4.78, 5) is 8.58. The van der Waals surface area contributed by atoms with Crippen LogP contribution in [0, 0.1) is 6.92 Å². The number of aromatic hydroxyl groups is 1. The molecule has 1 heterocycles. The van der Waals surface area contributed by atoms with Crippen LogP contribution in [0.25, 0.3) is 11.5 Å². The van der Waals surface area contributed by atoms with Crippen molar-refractivity contribution in [3.63, 3.8) is 0 Å². The molecule has 3 aromatic rings. The molecule has 3 rings (SSSR count). The van der Waals surface area contributed by atoms with Gasteiger partial charge >= 0.3 is 5.95 Å². The Kier molecular flexibility index (Phi) is 4.50. The molecular weight excluding hydrogens is 380 g/mol. The van der Waals surface area contributed by atoms with E-state index in [1.54, 1.807) is 12.1 Å². The fourth-order valence-electron chi connectivity index (χ4n) is 1.98. The maximum Gasteiger partial charge on any atom is 0.312 e. The number of aromatic nitrogens is 1. The van der Waals surface area contributed by atoms with Gasteiger partial charge in [0.05, 0.1) is 11.9 Å². The predicted octanol–water partition coefficient (Wildman–Crippen LogP) is 5.52. The SMILES string of the molecule is Cc1ccc(Cl)cc1N=Cc1nc(-c2ccc(Br)cc2)oc1O. The van der Waals surface area contributed by atoms with Crippen molar-refractivity contribution < 1.29 is 9.52 Å². The number of oxazole rings is 1. The van der Waals surface area contributed by atoms with E-state index in [2.05, 4.69) is 25.9 Å². The second-order valence-electron chi connectivity index (χ2n) is 4.91. The molecular formula is C17H12BrClN2O2. The van der Waals surface area contributed by atoms with E-state index in [1.165, 1.54) is 6.21 Å². The molecule has 0 saturated heterocycles. The van der Waals surface area contributed by atoms with E-state index in [1.807, 2.05) is 37.3 Å². The van der Waals surface area contributed by atoms with Gasteiger partial charge in [-0.3, -0.25) is 4.99 Å².